The second-order valence-corrected chi connectivity index (χ2v) is 5.11. The molecule has 0 radical (unpaired) electrons. The van der Waals surface area contributed by atoms with Crippen LogP contribution in [0.25, 0.3) is 0 Å². The molecule has 0 spiro atoms. The summed E-state index contributed by atoms with van der Waals surface area (Å²) < 4.78 is 14.9. The van der Waals surface area contributed by atoms with Crippen molar-refractivity contribution >= 4 is 50.3 Å². The molecule has 0 saturated carbocycles. The molecule has 0 aliphatic carbocycles. The van der Waals surface area contributed by atoms with Crippen molar-refractivity contribution in [3.63, 3.8) is 0 Å². The van der Waals surface area contributed by atoms with Crippen LogP contribution >= 0.6 is 50.3 Å². The van der Waals surface area contributed by atoms with Gasteiger partial charge in [-0.3, -0.25) is 0 Å². The Hall–Kier alpha value is 0.710. The average Bonchev–Trinajstić information content (AvgIpc) is 2.02. The maximum atomic E-state index is 13.4. The van der Waals surface area contributed by atoms with Crippen molar-refractivity contribution in [1.29, 1.82) is 0 Å². The fraction of sp³-hybridized carbons (Fsp3) is 0.250. The van der Waals surface area contributed by atoms with Gasteiger partial charge >= 0.3 is 0 Å². The number of benzene rings is 1. The third-order valence-electron chi connectivity index (χ3n) is 1.50. The van der Waals surface area contributed by atoms with E-state index in [0.717, 1.165) is 10.0 Å². The lowest BCUT2D eigenvalue weighted by molar-refractivity contribution is 0.591. The zero-order valence-electron chi connectivity index (χ0n) is 6.62. The van der Waals surface area contributed by atoms with Gasteiger partial charge in [0.25, 0.3) is 0 Å². The maximum Gasteiger partial charge on any atom is 0.151 e. The van der Waals surface area contributed by atoms with Gasteiger partial charge in [0, 0.05) is 4.47 Å². The summed E-state index contributed by atoms with van der Waals surface area (Å²) in [5.74, 6) is -0.124. The Labute approximate surface area is 97.6 Å². The van der Waals surface area contributed by atoms with Gasteiger partial charge < -0.3 is 0 Å². The summed E-state index contributed by atoms with van der Waals surface area (Å²) in [5.41, 5.74) is 1.07. The molecule has 66 valence electrons. The van der Waals surface area contributed by atoms with Crippen molar-refractivity contribution in [1.82, 2.24) is 0 Å². The average molecular weight is 361 g/mol. The van der Waals surface area contributed by atoms with Gasteiger partial charge in [-0.25, -0.2) is 4.39 Å². The quantitative estimate of drug-likeness (QED) is 0.410. The minimum absolute atomic E-state index is 0.124. The van der Waals surface area contributed by atoms with Crippen LogP contribution in [0.15, 0.2) is 15.4 Å². The van der Waals surface area contributed by atoms with E-state index in [0.29, 0.717) is 8.47 Å². The second kappa shape index (κ2) is 4.28. The molecule has 0 N–H and O–H groups in total. The summed E-state index contributed by atoms with van der Waals surface area (Å²) in [4.78, 5) is 0.694. The molecule has 0 aliphatic heterocycles. The van der Waals surface area contributed by atoms with E-state index < -0.39 is 0 Å². The molecule has 0 aliphatic rings. The molecule has 0 unspecified atom stereocenters. The van der Waals surface area contributed by atoms with Gasteiger partial charge in [0.15, 0.2) is 5.82 Å². The first-order chi connectivity index (χ1) is 5.57. The first-order valence-corrected chi connectivity index (χ1v) is 6.35. The van der Waals surface area contributed by atoms with Gasteiger partial charge in [0.1, 0.15) is 0 Å². The Morgan fingerprint density at radius 2 is 2.17 bits per heavy atom. The molecule has 0 saturated heterocycles. The van der Waals surface area contributed by atoms with Gasteiger partial charge in [0.2, 0.25) is 0 Å². The SMILES string of the molecule is CSc1c(F)c(I)cc(C)c1Br. The minimum Gasteiger partial charge on any atom is -0.205 e. The van der Waals surface area contributed by atoms with Gasteiger partial charge in [0.05, 0.1) is 8.47 Å². The van der Waals surface area contributed by atoms with Gasteiger partial charge in [-0.1, -0.05) is 0 Å². The lowest BCUT2D eigenvalue weighted by atomic mass is 10.2. The molecule has 0 atom stereocenters. The highest BCUT2D eigenvalue weighted by Gasteiger charge is 2.11. The van der Waals surface area contributed by atoms with Crippen LogP contribution in [0.1, 0.15) is 5.56 Å². The highest BCUT2D eigenvalue weighted by atomic mass is 127. The van der Waals surface area contributed by atoms with Crippen LogP contribution < -0.4 is 0 Å². The molecular weight excluding hydrogens is 354 g/mol. The maximum absolute atomic E-state index is 13.4. The fourth-order valence-electron chi connectivity index (χ4n) is 0.880. The molecular formula is C8H7BrFIS. The molecule has 0 fully saturated rings. The van der Waals surface area contributed by atoms with E-state index in [9.17, 15) is 4.39 Å². The molecule has 0 nitrogen and oxygen atoms in total. The van der Waals surface area contributed by atoms with E-state index in [1.807, 2.05) is 41.8 Å². The smallest absolute Gasteiger partial charge is 0.151 e. The normalized spacial score (nSPS) is 10.4. The van der Waals surface area contributed by atoms with E-state index in [4.69, 9.17) is 0 Å². The number of aryl methyl sites for hydroxylation is 1. The van der Waals surface area contributed by atoms with E-state index in [2.05, 4.69) is 15.9 Å². The predicted molar refractivity (Wildman–Crippen MR) is 63.3 cm³/mol. The lowest BCUT2D eigenvalue weighted by Crippen LogP contribution is -1.90. The van der Waals surface area contributed by atoms with Crippen molar-refractivity contribution in [3.05, 3.63) is 25.5 Å². The zero-order valence-corrected chi connectivity index (χ0v) is 11.2. The lowest BCUT2D eigenvalue weighted by Gasteiger charge is -2.07. The fourth-order valence-corrected chi connectivity index (χ4v) is 3.20. The first-order valence-electron chi connectivity index (χ1n) is 3.26. The van der Waals surface area contributed by atoms with E-state index in [1.165, 1.54) is 11.8 Å². The number of thioether (sulfide) groups is 1. The minimum atomic E-state index is -0.124. The van der Waals surface area contributed by atoms with Crippen LogP contribution in [0.2, 0.25) is 0 Å². The van der Waals surface area contributed by atoms with E-state index in [-0.39, 0.29) is 5.82 Å². The number of hydrogen-bond donors (Lipinski definition) is 0. The molecule has 4 heteroatoms. The van der Waals surface area contributed by atoms with Crippen LogP contribution in [0.5, 0.6) is 0 Å². The van der Waals surface area contributed by atoms with Crippen molar-refractivity contribution < 1.29 is 4.39 Å². The Morgan fingerprint density at radius 1 is 1.58 bits per heavy atom. The third-order valence-corrected chi connectivity index (χ3v) is 4.36. The molecule has 0 amide bonds. The van der Waals surface area contributed by atoms with Crippen LogP contribution in [-0.2, 0) is 0 Å². The first kappa shape index (κ1) is 10.8. The van der Waals surface area contributed by atoms with Crippen LogP contribution in [-0.4, -0.2) is 6.26 Å². The second-order valence-electron chi connectivity index (χ2n) is 2.34. The Kier molecular flexibility index (Phi) is 3.85. The molecule has 0 aromatic heterocycles. The Morgan fingerprint density at radius 3 is 2.67 bits per heavy atom. The van der Waals surface area contributed by atoms with Crippen LogP contribution in [0.4, 0.5) is 4.39 Å². The van der Waals surface area contributed by atoms with Crippen LogP contribution in [0, 0.1) is 16.3 Å². The van der Waals surface area contributed by atoms with Crippen molar-refractivity contribution in [2.45, 2.75) is 11.8 Å². The van der Waals surface area contributed by atoms with Gasteiger partial charge in [-0.05, 0) is 63.3 Å². The standard InChI is InChI=1S/C8H7BrFIS/c1-4-3-5(11)7(10)8(12-2)6(4)9/h3H,1-2H3. The number of hydrogen-bond acceptors (Lipinski definition) is 1. The van der Waals surface area contributed by atoms with Crippen molar-refractivity contribution in [3.8, 4) is 0 Å². The molecule has 0 heterocycles. The van der Waals surface area contributed by atoms with Gasteiger partial charge in [-0.15, -0.1) is 11.8 Å². The highest BCUT2D eigenvalue weighted by Crippen LogP contribution is 2.33. The molecule has 0 bridgehead atoms. The van der Waals surface area contributed by atoms with Crippen LogP contribution in [0.3, 0.4) is 0 Å². The predicted octanol–water partition coefficient (Wildman–Crippen LogP) is 4.22. The molecule has 1 aromatic carbocycles. The summed E-state index contributed by atoms with van der Waals surface area (Å²) in [6, 6.07) is 1.83. The summed E-state index contributed by atoms with van der Waals surface area (Å²) in [6.07, 6.45) is 1.87. The topological polar surface area (TPSA) is 0 Å². The van der Waals surface area contributed by atoms with E-state index >= 15 is 0 Å². The number of halogens is 3. The molecule has 1 rings (SSSR count). The van der Waals surface area contributed by atoms with Crippen molar-refractivity contribution in [2.24, 2.45) is 0 Å². The van der Waals surface area contributed by atoms with E-state index in [1.54, 1.807) is 0 Å². The monoisotopic (exact) mass is 360 g/mol. The summed E-state index contributed by atoms with van der Waals surface area (Å²) in [7, 11) is 0. The molecule has 12 heavy (non-hydrogen) atoms. The van der Waals surface area contributed by atoms with Crippen molar-refractivity contribution in [2.75, 3.05) is 6.26 Å². The Balaban J connectivity index is 3.42. The third kappa shape index (κ3) is 1.96. The largest absolute Gasteiger partial charge is 0.205 e. The highest BCUT2D eigenvalue weighted by molar-refractivity contribution is 14.1. The zero-order chi connectivity index (χ0) is 9.30. The Bertz CT molecular complexity index is 288. The summed E-state index contributed by atoms with van der Waals surface area (Å²) in [5, 5.41) is 0. The summed E-state index contributed by atoms with van der Waals surface area (Å²) >= 11 is 6.79. The number of rotatable bonds is 1. The summed E-state index contributed by atoms with van der Waals surface area (Å²) in [6.45, 7) is 1.96. The molecule has 1 aromatic rings. The van der Waals surface area contributed by atoms with Gasteiger partial charge in [-0.2, -0.15) is 0 Å².